The summed E-state index contributed by atoms with van der Waals surface area (Å²) >= 11 is 0. The van der Waals surface area contributed by atoms with Crippen molar-refractivity contribution < 1.29 is 26.4 Å². The number of carbonyl (C=O) groups is 1. The molecule has 0 radical (unpaired) electrons. The molecule has 0 bridgehead atoms. The maximum absolute atomic E-state index is 12.6. The molecule has 10 heteroatoms. The molecule has 0 spiro atoms. The lowest BCUT2D eigenvalue weighted by molar-refractivity contribution is -0.145. The third-order valence-electron chi connectivity index (χ3n) is 4.85. The first-order valence-electron chi connectivity index (χ1n) is 9.53. The summed E-state index contributed by atoms with van der Waals surface area (Å²) in [6.45, 7) is 5.31. The van der Waals surface area contributed by atoms with E-state index in [1.54, 1.807) is 26.0 Å². The van der Waals surface area contributed by atoms with Gasteiger partial charge < -0.3 is 4.90 Å². The second kappa shape index (κ2) is 9.44. The van der Waals surface area contributed by atoms with Crippen molar-refractivity contribution in [3.8, 4) is 0 Å². The zero-order valence-electron chi connectivity index (χ0n) is 17.0. The van der Waals surface area contributed by atoms with Crippen molar-refractivity contribution in [2.45, 2.75) is 44.7 Å². The van der Waals surface area contributed by atoms with Gasteiger partial charge in [-0.2, -0.15) is 13.2 Å². The van der Waals surface area contributed by atoms with Gasteiger partial charge in [0.2, 0.25) is 15.9 Å². The largest absolute Gasteiger partial charge is 0.401 e. The number of halogens is 3. The smallest absolute Gasteiger partial charge is 0.341 e. The molecule has 1 aliphatic rings. The summed E-state index contributed by atoms with van der Waals surface area (Å²) < 4.78 is 65.3. The Morgan fingerprint density at radius 3 is 2.28 bits per heavy atom. The second-order valence-corrected chi connectivity index (χ2v) is 9.21. The van der Waals surface area contributed by atoms with E-state index in [1.807, 2.05) is 6.92 Å². The maximum atomic E-state index is 12.6. The van der Waals surface area contributed by atoms with Gasteiger partial charge in [-0.15, -0.1) is 0 Å². The van der Waals surface area contributed by atoms with E-state index in [-0.39, 0.29) is 43.4 Å². The molecule has 0 saturated carbocycles. The zero-order valence-corrected chi connectivity index (χ0v) is 17.8. The van der Waals surface area contributed by atoms with Crippen LogP contribution in [0.4, 0.5) is 13.2 Å². The molecule has 1 amide bonds. The highest BCUT2D eigenvalue weighted by Gasteiger charge is 2.31. The molecule has 164 valence electrons. The number of sulfonamides is 1. The Bertz CT molecular complexity index is 818. The Morgan fingerprint density at radius 1 is 1.07 bits per heavy atom. The summed E-state index contributed by atoms with van der Waals surface area (Å²) in [4.78, 5) is 15.4. The molecule has 1 aromatic rings. The summed E-state index contributed by atoms with van der Waals surface area (Å²) in [5, 5.41) is 0. The highest BCUT2D eigenvalue weighted by Crippen LogP contribution is 2.21. The first-order chi connectivity index (χ1) is 13.4. The van der Waals surface area contributed by atoms with Gasteiger partial charge >= 0.3 is 6.18 Å². The van der Waals surface area contributed by atoms with E-state index in [2.05, 4.69) is 4.72 Å². The maximum Gasteiger partial charge on any atom is 0.401 e. The van der Waals surface area contributed by atoms with Crippen molar-refractivity contribution in [2.75, 3.05) is 39.3 Å². The van der Waals surface area contributed by atoms with E-state index in [0.717, 1.165) is 5.56 Å². The van der Waals surface area contributed by atoms with Crippen molar-refractivity contribution in [3.63, 3.8) is 0 Å². The van der Waals surface area contributed by atoms with Crippen molar-refractivity contribution in [1.29, 1.82) is 0 Å². The number of benzene rings is 1. The van der Waals surface area contributed by atoms with Gasteiger partial charge in [-0.05, 0) is 38.3 Å². The summed E-state index contributed by atoms with van der Waals surface area (Å²) in [5.41, 5.74) is 2.24. The number of carbonyl (C=O) groups excluding carboxylic acids is 1. The van der Waals surface area contributed by atoms with E-state index < -0.39 is 22.7 Å². The van der Waals surface area contributed by atoms with E-state index >= 15 is 0 Å². The van der Waals surface area contributed by atoms with Crippen molar-refractivity contribution >= 4 is 15.9 Å². The minimum Gasteiger partial charge on any atom is -0.341 e. The molecule has 29 heavy (non-hydrogen) atoms. The average molecular weight is 436 g/mol. The van der Waals surface area contributed by atoms with Crippen LogP contribution in [0.3, 0.4) is 0 Å². The highest BCUT2D eigenvalue weighted by molar-refractivity contribution is 7.89. The average Bonchev–Trinajstić information content (AvgIpc) is 2.77. The van der Waals surface area contributed by atoms with Gasteiger partial charge in [-0.25, -0.2) is 13.1 Å². The minimum atomic E-state index is -4.26. The van der Waals surface area contributed by atoms with Gasteiger partial charge in [0, 0.05) is 39.1 Å². The molecule has 2 rings (SSSR count). The van der Waals surface area contributed by atoms with Crippen LogP contribution in [0, 0.1) is 20.8 Å². The highest BCUT2D eigenvalue weighted by atomic mass is 32.2. The molecule has 0 aliphatic carbocycles. The third kappa shape index (κ3) is 6.97. The monoisotopic (exact) mass is 435 g/mol. The van der Waals surface area contributed by atoms with Crippen molar-refractivity contribution in [3.05, 3.63) is 28.8 Å². The van der Waals surface area contributed by atoms with Gasteiger partial charge in [0.05, 0.1) is 11.4 Å². The molecular formula is C19H28F3N3O3S. The van der Waals surface area contributed by atoms with Gasteiger partial charge in [-0.3, -0.25) is 9.69 Å². The van der Waals surface area contributed by atoms with E-state index in [1.165, 1.54) is 9.80 Å². The molecular weight excluding hydrogens is 407 g/mol. The van der Waals surface area contributed by atoms with Crippen LogP contribution in [0.2, 0.25) is 0 Å². The van der Waals surface area contributed by atoms with Crippen LogP contribution in [-0.4, -0.2) is 69.6 Å². The van der Waals surface area contributed by atoms with Crippen molar-refractivity contribution in [1.82, 2.24) is 14.5 Å². The number of nitrogens with zero attached hydrogens (tertiary/aromatic N) is 2. The fourth-order valence-electron chi connectivity index (χ4n) is 3.75. The quantitative estimate of drug-likeness (QED) is 0.745. The first-order valence-corrected chi connectivity index (χ1v) is 11.0. The topological polar surface area (TPSA) is 69.7 Å². The first kappa shape index (κ1) is 23.6. The number of nitrogens with one attached hydrogen (secondary N) is 1. The fraction of sp³-hybridized carbons (Fsp3) is 0.632. The molecule has 1 aromatic carbocycles. The van der Waals surface area contributed by atoms with Crippen LogP contribution in [-0.2, 0) is 14.8 Å². The predicted octanol–water partition coefficient (Wildman–Crippen LogP) is 2.38. The third-order valence-corrected chi connectivity index (χ3v) is 6.61. The van der Waals surface area contributed by atoms with E-state index in [9.17, 15) is 26.4 Å². The SMILES string of the molecule is Cc1cc(C)c(S(=O)(=O)NCCC(=O)N2CCCN(CC(F)(F)F)CC2)c(C)c1. The molecule has 1 saturated heterocycles. The summed E-state index contributed by atoms with van der Waals surface area (Å²) in [6, 6.07) is 3.58. The van der Waals surface area contributed by atoms with Crippen LogP contribution in [0.1, 0.15) is 29.5 Å². The fourth-order valence-corrected chi connectivity index (χ4v) is 5.23. The van der Waals surface area contributed by atoms with Gasteiger partial charge in [0.1, 0.15) is 0 Å². The van der Waals surface area contributed by atoms with Gasteiger partial charge in [0.15, 0.2) is 0 Å². The Kier molecular flexibility index (Phi) is 7.69. The van der Waals surface area contributed by atoms with Gasteiger partial charge in [-0.1, -0.05) is 17.7 Å². The normalized spacial score (nSPS) is 16.7. The lowest BCUT2D eigenvalue weighted by atomic mass is 10.1. The minimum absolute atomic E-state index is 0.0392. The molecule has 1 N–H and O–H groups in total. The number of hydrogen-bond acceptors (Lipinski definition) is 4. The lowest BCUT2D eigenvalue weighted by Gasteiger charge is -2.23. The summed E-state index contributed by atoms with van der Waals surface area (Å²) in [6.07, 6.45) is -3.85. The second-order valence-electron chi connectivity index (χ2n) is 7.50. The van der Waals surface area contributed by atoms with Crippen LogP contribution in [0.15, 0.2) is 17.0 Å². The number of rotatable bonds is 6. The Morgan fingerprint density at radius 2 is 1.69 bits per heavy atom. The molecule has 6 nitrogen and oxygen atoms in total. The van der Waals surface area contributed by atoms with Crippen LogP contribution in [0.25, 0.3) is 0 Å². The van der Waals surface area contributed by atoms with Crippen LogP contribution >= 0.6 is 0 Å². The molecule has 1 fully saturated rings. The Hall–Kier alpha value is -1.65. The standard InChI is InChI=1S/C19H28F3N3O3S/c1-14-11-15(2)18(16(3)12-14)29(27,28)23-6-5-17(26)25-8-4-7-24(9-10-25)13-19(20,21)22/h11-12,23H,4-10,13H2,1-3H3. The molecule has 1 aliphatic heterocycles. The molecule has 0 unspecified atom stereocenters. The lowest BCUT2D eigenvalue weighted by Crippen LogP contribution is -2.39. The number of amides is 1. The van der Waals surface area contributed by atoms with Crippen LogP contribution < -0.4 is 4.72 Å². The Labute approximate surface area is 170 Å². The number of aryl methyl sites for hydroxylation is 3. The molecule has 1 heterocycles. The summed E-state index contributed by atoms with van der Waals surface area (Å²) in [5.74, 6) is -0.265. The van der Waals surface area contributed by atoms with Gasteiger partial charge in [0.25, 0.3) is 0 Å². The number of alkyl halides is 3. The predicted molar refractivity (Wildman–Crippen MR) is 104 cm³/mol. The van der Waals surface area contributed by atoms with E-state index in [0.29, 0.717) is 24.1 Å². The van der Waals surface area contributed by atoms with Crippen molar-refractivity contribution in [2.24, 2.45) is 0 Å². The zero-order chi connectivity index (χ0) is 21.8. The van der Waals surface area contributed by atoms with Crippen LogP contribution in [0.5, 0.6) is 0 Å². The number of hydrogen-bond donors (Lipinski definition) is 1. The Balaban J connectivity index is 1.89. The van der Waals surface area contributed by atoms with E-state index in [4.69, 9.17) is 0 Å². The molecule has 0 atom stereocenters. The molecule has 0 aromatic heterocycles. The summed E-state index contributed by atoms with van der Waals surface area (Å²) in [7, 11) is -3.76.